The molecule has 0 spiro atoms. The van der Waals surface area contributed by atoms with Crippen molar-refractivity contribution in [3.63, 3.8) is 0 Å². The Kier molecular flexibility index (Phi) is 3.83. The summed E-state index contributed by atoms with van der Waals surface area (Å²) in [6.07, 6.45) is 0. The summed E-state index contributed by atoms with van der Waals surface area (Å²) in [6, 6.07) is 4.59. The van der Waals surface area contributed by atoms with Gasteiger partial charge in [-0.25, -0.2) is 0 Å². The molecule has 1 aromatic rings. The molecule has 0 bridgehead atoms. The largest absolute Gasteiger partial charge is 0.496 e. The predicted octanol–water partition coefficient (Wildman–Crippen LogP) is 2.77. The van der Waals surface area contributed by atoms with Crippen LogP contribution in [-0.2, 0) is 0 Å². The summed E-state index contributed by atoms with van der Waals surface area (Å²) in [4.78, 5) is 22.0. The summed E-state index contributed by atoms with van der Waals surface area (Å²) in [5.74, 6) is 0.372. The molecule has 0 N–H and O–H groups in total. The molecule has 0 heterocycles. The number of benzene rings is 1. The number of hydrogen-bond acceptors (Lipinski definition) is 3. The fourth-order valence-corrected chi connectivity index (χ4v) is 1.55. The second kappa shape index (κ2) is 4.70. The maximum absolute atomic E-state index is 11.0. The Morgan fingerprint density at radius 1 is 1.21 bits per heavy atom. The van der Waals surface area contributed by atoms with Crippen LogP contribution in [0.15, 0.2) is 18.2 Å². The predicted molar refractivity (Wildman–Crippen MR) is 59.5 cm³/mol. The third-order valence-electron chi connectivity index (χ3n) is 1.64. The molecule has 14 heavy (non-hydrogen) atoms. The van der Waals surface area contributed by atoms with Crippen molar-refractivity contribution in [1.29, 1.82) is 0 Å². The van der Waals surface area contributed by atoms with Gasteiger partial charge in [0.25, 0.3) is 0 Å². The molecular weight excluding hydrogens is 316 g/mol. The number of carbonyl (C=O) groups excluding carboxylic acids is 2. The van der Waals surface area contributed by atoms with Gasteiger partial charge in [-0.2, -0.15) is 0 Å². The highest BCUT2D eigenvalue weighted by Crippen LogP contribution is 2.23. The van der Waals surface area contributed by atoms with E-state index in [1.165, 1.54) is 19.2 Å². The third kappa shape index (κ3) is 2.42. The van der Waals surface area contributed by atoms with E-state index >= 15 is 0 Å². The van der Waals surface area contributed by atoms with Crippen molar-refractivity contribution in [2.24, 2.45) is 0 Å². The second-order valence-corrected chi connectivity index (χ2v) is 3.90. The van der Waals surface area contributed by atoms with E-state index < -0.39 is 0 Å². The number of carbonyl (C=O) groups is 2. The zero-order chi connectivity index (χ0) is 10.7. The van der Waals surface area contributed by atoms with E-state index in [-0.39, 0.29) is 9.39 Å². The summed E-state index contributed by atoms with van der Waals surface area (Å²) in [6.45, 7) is 0. The molecule has 0 aliphatic carbocycles. The lowest BCUT2D eigenvalue weighted by Crippen LogP contribution is -1.97. The van der Waals surface area contributed by atoms with Crippen molar-refractivity contribution in [2.75, 3.05) is 7.11 Å². The minimum Gasteiger partial charge on any atom is -0.496 e. The van der Waals surface area contributed by atoms with Crippen LogP contribution in [0.4, 0.5) is 0 Å². The first-order valence-corrected chi connectivity index (χ1v) is 5.22. The maximum Gasteiger partial charge on any atom is 0.231 e. The summed E-state index contributed by atoms with van der Waals surface area (Å²) < 4.78 is 4.45. The van der Waals surface area contributed by atoms with E-state index in [0.717, 1.165) is 0 Å². The van der Waals surface area contributed by atoms with Crippen molar-refractivity contribution < 1.29 is 14.3 Å². The third-order valence-corrected chi connectivity index (χ3v) is 2.53. The van der Waals surface area contributed by atoms with Crippen molar-refractivity contribution in [1.82, 2.24) is 0 Å². The van der Waals surface area contributed by atoms with Crippen LogP contribution in [0.3, 0.4) is 0 Å². The fourth-order valence-electron chi connectivity index (χ4n) is 0.976. The molecule has 0 unspecified atom stereocenters. The number of halogens is 2. The van der Waals surface area contributed by atoms with Crippen LogP contribution in [0.5, 0.6) is 5.75 Å². The monoisotopic (exact) mass is 320 g/mol. The minimum absolute atomic E-state index is 0.246. The van der Waals surface area contributed by atoms with Gasteiger partial charge in [-0.05, 0) is 50.1 Å². The SMILES string of the molecule is COc1cc(C(=O)Br)ccc1C(=O)Br. The van der Waals surface area contributed by atoms with E-state index in [0.29, 0.717) is 16.9 Å². The first-order chi connectivity index (χ1) is 6.56. The molecule has 0 radical (unpaired) electrons. The minimum atomic E-state index is -0.275. The van der Waals surface area contributed by atoms with E-state index in [9.17, 15) is 9.59 Å². The lowest BCUT2D eigenvalue weighted by Gasteiger charge is -2.05. The van der Waals surface area contributed by atoms with Gasteiger partial charge in [-0.3, -0.25) is 9.59 Å². The molecule has 0 atom stereocenters. The molecule has 0 fully saturated rings. The second-order valence-electron chi connectivity index (χ2n) is 2.46. The molecule has 1 rings (SSSR count). The van der Waals surface area contributed by atoms with Crippen molar-refractivity contribution >= 4 is 41.2 Å². The Labute approximate surface area is 97.7 Å². The Balaban J connectivity index is 3.25. The standard InChI is InChI=1S/C9H6Br2O3/c1-14-7-4-5(8(10)12)2-3-6(7)9(11)13/h2-4H,1H3. The molecule has 0 amide bonds. The Morgan fingerprint density at radius 3 is 2.29 bits per heavy atom. The number of ether oxygens (including phenoxy) is 1. The van der Waals surface area contributed by atoms with E-state index in [1.807, 2.05) is 0 Å². The Bertz CT molecular complexity index is 388. The van der Waals surface area contributed by atoms with Crippen LogP contribution in [0.25, 0.3) is 0 Å². The molecule has 0 saturated carbocycles. The summed E-state index contributed by atoms with van der Waals surface area (Å²) in [5, 5.41) is 0. The van der Waals surface area contributed by atoms with E-state index in [1.54, 1.807) is 6.07 Å². The molecule has 0 aliphatic rings. The summed E-state index contributed by atoms with van der Waals surface area (Å²) in [5.41, 5.74) is 0.837. The maximum atomic E-state index is 11.0. The van der Waals surface area contributed by atoms with Gasteiger partial charge < -0.3 is 4.74 Å². The average Bonchev–Trinajstić information content (AvgIpc) is 2.16. The molecule has 1 aromatic carbocycles. The zero-order valence-electron chi connectivity index (χ0n) is 7.21. The lowest BCUT2D eigenvalue weighted by molar-refractivity contribution is 0.108. The van der Waals surface area contributed by atoms with Crippen LogP contribution < -0.4 is 4.74 Å². The van der Waals surface area contributed by atoms with Crippen molar-refractivity contribution in [2.45, 2.75) is 0 Å². The van der Waals surface area contributed by atoms with E-state index in [2.05, 4.69) is 31.9 Å². The van der Waals surface area contributed by atoms with Crippen LogP contribution >= 0.6 is 31.9 Å². The Hall–Kier alpha value is -0.680. The number of hydrogen-bond donors (Lipinski definition) is 0. The highest BCUT2D eigenvalue weighted by molar-refractivity contribution is 9.18. The van der Waals surface area contributed by atoms with Gasteiger partial charge in [0.15, 0.2) is 0 Å². The molecule has 0 saturated heterocycles. The first-order valence-electron chi connectivity index (χ1n) is 3.64. The molecule has 0 aliphatic heterocycles. The average molecular weight is 322 g/mol. The van der Waals surface area contributed by atoms with Gasteiger partial charge in [-0.1, -0.05) is 0 Å². The van der Waals surface area contributed by atoms with Gasteiger partial charge in [0.2, 0.25) is 9.39 Å². The summed E-state index contributed by atoms with van der Waals surface area (Å²) >= 11 is 5.64. The van der Waals surface area contributed by atoms with Gasteiger partial charge in [-0.15, -0.1) is 0 Å². The lowest BCUT2D eigenvalue weighted by atomic mass is 10.1. The van der Waals surface area contributed by atoms with Gasteiger partial charge in [0.05, 0.1) is 12.7 Å². The Morgan fingerprint density at radius 2 is 1.86 bits per heavy atom. The van der Waals surface area contributed by atoms with Crippen LogP contribution in [0.1, 0.15) is 20.7 Å². The highest BCUT2D eigenvalue weighted by atomic mass is 79.9. The number of rotatable bonds is 3. The quantitative estimate of drug-likeness (QED) is 0.804. The normalized spacial score (nSPS) is 9.64. The van der Waals surface area contributed by atoms with Gasteiger partial charge in [0.1, 0.15) is 5.75 Å². The fraction of sp³-hybridized carbons (Fsp3) is 0.111. The van der Waals surface area contributed by atoms with E-state index in [4.69, 9.17) is 4.74 Å². The van der Waals surface area contributed by atoms with Crippen LogP contribution in [0.2, 0.25) is 0 Å². The highest BCUT2D eigenvalue weighted by Gasteiger charge is 2.11. The van der Waals surface area contributed by atoms with Gasteiger partial charge >= 0.3 is 0 Å². The van der Waals surface area contributed by atoms with Gasteiger partial charge in [0, 0.05) is 5.56 Å². The topological polar surface area (TPSA) is 43.4 Å². The molecule has 3 nitrogen and oxygen atoms in total. The molecule has 5 heteroatoms. The molecule has 74 valence electrons. The van der Waals surface area contributed by atoms with Crippen molar-refractivity contribution in [3.8, 4) is 5.75 Å². The summed E-state index contributed by atoms with van der Waals surface area (Å²) in [7, 11) is 1.44. The van der Waals surface area contributed by atoms with Crippen LogP contribution in [0, 0.1) is 0 Å². The van der Waals surface area contributed by atoms with Crippen molar-refractivity contribution in [3.05, 3.63) is 29.3 Å². The zero-order valence-corrected chi connectivity index (χ0v) is 10.4. The number of methoxy groups -OCH3 is 1. The molecular formula is C9H6Br2O3. The smallest absolute Gasteiger partial charge is 0.231 e. The first kappa shape index (κ1) is 11.4. The van der Waals surface area contributed by atoms with Crippen LogP contribution in [-0.4, -0.2) is 16.5 Å². The molecule has 0 aromatic heterocycles.